The molecular weight excluding hydrogens is 645 g/mol. The van der Waals surface area contributed by atoms with E-state index in [1.807, 2.05) is 0 Å². The Morgan fingerprint density at radius 3 is 1.39 bits per heavy atom. The fourth-order valence-corrected chi connectivity index (χ4v) is 12.1. The van der Waals surface area contributed by atoms with Gasteiger partial charge in [0, 0.05) is 0 Å². The van der Waals surface area contributed by atoms with E-state index in [1.54, 1.807) is 48.5 Å². The van der Waals surface area contributed by atoms with Crippen LogP contribution in [-0.2, 0) is 12.6 Å². The Hall–Kier alpha value is -1.34. The zero-order valence-electron chi connectivity index (χ0n) is 20.7. The van der Waals surface area contributed by atoms with Gasteiger partial charge in [0.05, 0.1) is 0 Å². The van der Waals surface area contributed by atoms with E-state index in [4.69, 9.17) is 2.51 Å². The first kappa shape index (κ1) is 29.6. The van der Waals surface area contributed by atoms with Gasteiger partial charge in [0.15, 0.2) is 0 Å². The summed E-state index contributed by atoms with van der Waals surface area (Å²) in [5.41, 5.74) is 2.05. The third-order valence-corrected chi connectivity index (χ3v) is 14.8. The first-order chi connectivity index (χ1) is 17.9. The van der Waals surface area contributed by atoms with E-state index in [1.165, 1.54) is 0 Å². The summed E-state index contributed by atoms with van der Waals surface area (Å²) in [5, 5.41) is -6.10. The summed E-state index contributed by atoms with van der Waals surface area (Å²) in [7, 11) is -6.41. The van der Waals surface area contributed by atoms with Gasteiger partial charge < -0.3 is 0 Å². The van der Waals surface area contributed by atoms with Crippen LogP contribution >= 0.6 is 20.2 Å². The summed E-state index contributed by atoms with van der Waals surface area (Å²) in [5.74, 6) is -5.45. The number of benzene rings is 2. The predicted octanol–water partition coefficient (Wildman–Crippen LogP) is 9.08. The van der Waals surface area contributed by atoms with Crippen molar-refractivity contribution in [2.75, 3.05) is 0 Å². The minimum atomic E-state index is -6.41. The van der Waals surface area contributed by atoms with Gasteiger partial charge in [-0.25, -0.2) is 0 Å². The van der Waals surface area contributed by atoms with Gasteiger partial charge in [-0.15, -0.1) is 0 Å². The molecule has 0 amide bonds. The van der Waals surface area contributed by atoms with Crippen molar-refractivity contribution in [3.8, 4) is 0 Å². The third kappa shape index (κ3) is 6.19. The van der Waals surface area contributed by atoms with E-state index in [0.29, 0.717) is 19.0 Å². The predicted molar refractivity (Wildman–Crippen MR) is 142 cm³/mol. The van der Waals surface area contributed by atoms with Gasteiger partial charge in [-0.3, -0.25) is 0 Å². The molecule has 0 radical (unpaired) electrons. The van der Waals surface area contributed by atoms with Crippen LogP contribution in [0.3, 0.4) is 0 Å². The van der Waals surface area contributed by atoms with Crippen molar-refractivity contribution in [1.82, 2.24) is 0 Å². The fourth-order valence-electron chi connectivity index (χ4n) is 5.19. The Balaban J connectivity index is 1.67. The first-order valence-electron chi connectivity index (χ1n) is 12.8. The molecule has 4 rings (SSSR count). The van der Waals surface area contributed by atoms with Crippen LogP contribution in [0.5, 0.6) is 0 Å². The second kappa shape index (κ2) is 12.0. The van der Waals surface area contributed by atoms with E-state index in [9.17, 15) is 34.8 Å². The quantitative estimate of drug-likeness (QED) is 0.197. The number of halogens is 7. The first-order valence-corrected chi connectivity index (χ1v) is 17.3. The van der Waals surface area contributed by atoms with Crippen molar-refractivity contribution < 1.29 is 37.3 Å². The monoisotopic (exact) mass is 676 g/mol. The zero-order chi connectivity index (χ0) is 27.6. The van der Waals surface area contributed by atoms with E-state index in [-0.39, 0.29) is 0 Å². The van der Waals surface area contributed by atoms with Gasteiger partial charge in [-0.1, -0.05) is 0 Å². The van der Waals surface area contributed by atoms with Crippen LogP contribution in [0.1, 0.15) is 87.2 Å². The molecule has 0 unspecified atom stereocenters. The summed E-state index contributed by atoms with van der Waals surface area (Å²) < 4.78 is 112. The van der Waals surface area contributed by atoms with E-state index in [2.05, 4.69) is 0 Å². The summed E-state index contributed by atoms with van der Waals surface area (Å²) >= 11 is -3.78. The average Bonchev–Trinajstić information content (AvgIpc) is 2.92. The molecule has 2 aliphatic rings. The summed E-state index contributed by atoms with van der Waals surface area (Å²) in [4.78, 5) is 0. The SMILES string of the molecule is O=S(=O)(OI(c1ccc(C2CCCCC2)cc1)c1ccc(C2CCCCC2)cc1)C(F)(F)C(F)(F)C(F)F. The topological polar surface area (TPSA) is 43.4 Å². The third-order valence-electron chi connectivity index (χ3n) is 7.41. The molecule has 0 saturated heterocycles. The number of rotatable bonds is 9. The van der Waals surface area contributed by atoms with Crippen molar-refractivity contribution in [3.63, 3.8) is 0 Å². The Labute approximate surface area is 227 Å². The molecule has 2 aromatic rings. The van der Waals surface area contributed by atoms with Crippen LogP contribution in [0.2, 0.25) is 0 Å². The molecule has 0 aliphatic heterocycles. The van der Waals surface area contributed by atoms with Crippen LogP contribution in [0.25, 0.3) is 0 Å². The molecule has 2 aliphatic carbocycles. The molecule has 2 fully saturated rings. The molecule has 0 N–H and O–H groups in total. The maximum absolute atomic E-state index is 14.3. The molecule has 0 atom stereocenters. The van der Waals surface area contributed by atoms with Crippen molar-refractivity contribution in [2.24, 2.45) is 0 Å². The van der Waals surface area contributed by atoms with Gasteiger partial charge in [0.1, 0.15) is 0 Å². The number of hydrogen-bond donors (Lipinski definition) is 0. The molecule has 38 heavy (non-hydrogen) atoms. The van der Waals surface area contributed by atoms with Crippen LogP contribution in [-0.4, -0.2) is 26.0 Å². The summed E-state index contributed by atoms with van der Waals surface area (Å²) in [6.07, 6.45) is 5.81. The van der Waals surface area contributed by atoms with Crippen LogP contribution < -0.4 is 0 Å². The second-order valence-electron chi connectivity index (χ2n) is 9.98. The molecule has 2 saturated carbocycles. The molecular formula is C27H31F6IO3S. The minimum absolute atomic E-state index is 0.291. The van der Waals surface area contributed by atoms with Gasteiger partial charge in [-0.05, 0) is 0 Å². The second-order valence-corrected chi connectivity index (χ2v) is 16.5. The van der Waals surface area contributed by atoms with E-state index in [0.717, 1.165) is 75.3 Å². The Kier molecular flexibility index (Phi) is 9.39. The molecule has 0 bridgehead atoms. The molecule has 0 aromatic heterocycles. The Bertz CT molecular complexity index is 1100. The van der Waals surface area contributed by atoms with Crippen molar-refractivity contribution in [3.05, 3.63) is 66.8 Å². The van der Waals surface area contributed by atoms with Gasteiger partial charge in [-0.2, -0.15) is 0 Å². The Morgan fingerprint density at radius 2 is 1.05 bits per heavy atom. The van der Waals surface area contributed by atoms with Gasteiger partial charge >= 0.3 is 228 Å². The number of hydrogen-bond acceptors (Lipinski definition) is 3. The number of alkyl halides is 6. The normalized spacial score (nSPS) is 19.1. The molecule has 2 aromatic carbocycles. The summed E-state index contributed by atoms with van der Waals surface area (Å²) in [6.45, 7) is 0. The van der Waals surface area contributed by atoms with Crippen molar-refractivity contribution >= 4 is 30.4 Å². The van der Waals surface area contributed by atoms with Crippen molar-refractivity contribution in [2.45, 2.75) is 93.6 Å². The molecule has 3 nitrogen and oxygen atoms in total. The molecule has 0 spiro atoms. The molecule has 212 valence electrons. The standard InChI is InChI=1S/C27H31F6IO3S/c28-25(29)26(30,31)27(32,33)38(35,36)37-34(23-15-11-21(12-16-23)19-7-3-1-4-8-19)24-17-13-22(14-18-24)20-9-5-2-6-10-20/h11-20,25H,1-10H2. The van der Waals surface area contributed by atoms with Gasteiger partial charge in [0.25, 0.3) is 0 Å². The molecule has 11 heteroatoms. The summed E-state index contributed by atoms with van der Waals surface area (Å²) in [6, 6.07) is 13.5. The van der Waals surface area contributed by atoms with Crippen molar-refractivity contribution in [1.29, 1.82) is 0 Å². The average molecular weight is 677 g/mol. The van der Waals surface area contributed by atoms with E-state index >= 15 is 0 Å². The van der Waals surface area contributed by atoms with Gasteiger partial charge in [0.2, 0.25) is 0 Å². The Morgan fingerprint density at radius 1 is 0.684 bits per heavy atom. The van der Waals surface area contributed by atoms with Crippen LogP contribution in [0, 0.1) is 7.14 Å². The fraction of sp³-hybridized carbons (Fsp3) is 0.556. The van der Waals surface area contributed by atoms with Crippen LogP contribution in [0.15, 0.2) is 48.5 Å². The maximum atomic E-state index is 14.3. The molecule has 0 heterocycles. The van der Waals surface area contributed by atoms with Crippen LogP contribution in [0.4, 0.5) is 26.3 Å². The zero-order valence-corrected chi connectivity index (χ0v) is 23.7. The van der Waals surface area contributed by atoms with E-state index < -0.39 is 48.0 Å².